The van der Waals surface area contributed by atoms with Gasteiger partial charge in [0.1, 0.15) is 0 Å². The molecule has 0 radical (unpaired) electrons. The predicted molar refractivity (Wildman–Crippen MR) is 76.3 cm³/mol. The van der Waals surface area contributed by atoms with Gasteiger partial charge < -0.3 is 10.2 Å². The van der Waals surface area contributed by atoms with E-state index < -0.39 is 0 Å². The first kappa shape index (κ1) is 12.6. The Bertz CT molecular complexity index is 409. The number of aryl methyl sites for hydroxylation is 1. The van der Waals surface area contributed by atoms with Gasteiger partial charge in [0.15, 0.2) is 0 Å². The number of hydrogen-bond acceptors (Lipinski definition) is 4. The van der Waals surface area contributed by atoms with Gasteiger partial charge in [0, 0.05) is 30.4 Å². The lowest BCUT2D eigenvalue weighted by atomic mass is 10.1. The molecule has 1 unspecified atom stereocenters. The van der Waals surface area contributed by atoms with Gasteiger partial charge in [0.05, 0.1) is 16.7 Å². The number of likely N-dealkylation sites (N-methyl/N-ethyl adjacent to an activating group) is 1. The van der Waals surface area contributed by atoms with Crippen LogP contribution in [0.15, 0.2) is 0 Å². The van der Waals surface area contributed by atoms with E-state index in [1.807, 2.05) is 11.3 Å². The molecule has 0 aromatic carbocycles. The molecule has 2 heterocycles. The standard InChI is InChI=1S/C14H23N3S/c1-10-13(12-9-17(2)8-7-15-12)18-14(16-10)11-5-3-4-6-11/h11-12,15H,3-9H2,1-2H3. The van der Waals surface area contributed by atoms with Crippen LogP contribution in [0.3, 0.4) is 0 Å². The van der Waals surface area contributed by atoms with E-state index in [4.69, 9.17) is 4.98 Å². The Kier molecular flexibility index (Phi) is 3.68. The third-order valence-electron chi connectivity index (χ3n) is 4.25. The molecule has 2 aliphatic rings. The number of rotatable bonds is 2. The van der Waals surface area contributed by atoms with Crippen LogP contribution in [0, 0.1) is 6.92 Å². The lowest BCUT2D eigenvalue weighted by Gasteiger charge is -2.30. The predicted octanol–water partition coefficient (Wildman–Crippen LogP) is 2.69. The molecule has 1 aliphatic carbocycles. The highest BCUT2D eigenvalue weighted by molar-refractivity contribution is 7.12. The molecule has 1 aliphatic heterocycles. The van der Waals surface area contributed by atoms with Crippen molar-refractivity contribution in [3.63, 3.8) is 0 Å². The number of hydrogen-bond donors (Lipinski definition) is 1. The quantitative estimate of drug-likeness (QED) is 0.891. The summed E-state index contributed by atoms with van der Waals surface area (Å²) in [4.78, 5) is 8.74. The van der Waals surface area contributed by atoms with E-state index in [0.29, 0.717) is 6.04 Å². The highest BCUT2D eigenvalue weighted by Gasteiger charge is 2.26. The second kappa shape index (κ2) is 5.27. The molecule has 1 N–H and O–H groups in total. The van der Waals surface area contributed by atoms with Crippen LogP contribution in [0.4, 0.5) is 0 Å². The highest BCUT2D eigenvalue weighted by Crippen LogP contribution is 2.38. The second-order valence-electron chi connectivity index (χ2n) is 5.75. The number of thiazole rings is 1. The fraction of sp³-hybridized carbons (Fsp3) is 0.786. The van der Waals surface area contributed by atoms with Crippen LogP contribution in [0.1, 0.15) is 53.2 Å². The van der Waals surface area contributed by atoms with E-state index in [1.54, 1.807) is 0 Å². The molecule has 3 rings (SSSR count). The molecule has 2 fully saturated rings. The Morgan fingerprint density at radius 1 is 1.33 bits per heavy atom. The molecular weight excluding hydrogens is 242 g/mol. The summed E-state index contributed by atoms with van der Waals surface area (Å²) in [5, 5.41) is 5.04. The van der Waals surface area contributed by atoms with Gasteiger partial charge >= 0.3 is 0 Å². The Hall–Kier alpha value is -0.450. The van der Waals surface area contributed by atoms with Crippen LogP contribution in [-0.4, -0.2) is 36.6 Å². The van der Waals surface area contributed by atoms with Gasteiger partial charge in [-0.3, -0.25) is 0 Å². The molecule has 4 heteroatoms. The van der Waals surface area contributed by atoms with Crippen molar-refractivity contribution < 1.29 is 0 Å². The summed E-state index contributed by atoms with van der Waals surface area (Å²) in [5.41, 5.74) is 1.26. The maximum atomic E-state index is 4.85. The summed E-state index contributed by atoms with van der Waals surface area (Å²) in [7, 11) is 2.21. The molecule has 0 bridgehead atoms. The van der Waals surface area contributed by atoms with Gasteiger partial charge in [-0.25, -0.2) is 4.98 Å². The minimum absolute atomic E-state index is 0.497. The summed E-state index contributed by atoms with van der Waals surface area (Å²) < 4.78 is 0. The summed E-state index contributed by atoms with van der Waals surface area (Å²) in [6, 6.07) is 0.497. The zero-order valence-electron chi connectivity index (χ0n) is 11.4. The minimum Gasteiger partial charge on any atom is -0.307 e. The maximum absolute atomic E-state index is 4.85. The average Bonchev–Trinajstić information content (AvgIpc) is 2.97. The van der Waals surface area contributed by atoms with E-state index in [2.05, 4.69) is 24.2 Å². The van der Waals surface area contributed by atoms with E-state index in [0.717, 1.165) is 25.6 Å². The Morgan fingerprint density at radius 3 is 2.83 bits per heavy atom. The smallest absolute Gasteiger partial charge is 0.0962 e. The van der Waals surface area contributed by atoms with Gasteiger partial charge in [0.2, 0.25) is 0 Å². The molecule has 1 saturated heterocycles. The Balaban J connectivity index is 1.79. The first-order valence-corrected chi connectivity index (χ1v) is 7.95. The third-order valence-corrected chi connectivity index (χ3v) is 5.68. The third kappa shape index (κ3) is 2.46. The van der Waals surface area contributed by atoms with Crippen molar-refractivity contribution in [2.75, 3.05) is 26.7 Å². The Morgan fingerprint density at radius 2 is 2.11 bits per heavy atom. The number of nitrogens with one attached hydrogen (secondary N) is 1. The molecule has 1 aromatic rings. The lowest BCUT2D eigenvalue weighted by molar-refractivity contribution is 0.242. The fourth-order valence-corrected chi connectivity index (χ4v) is 4.48. The van der Waals surface area contributed by atoms with Gasteiger partial charge in [-0.05, 0) is 26.8 Å². The van der Waals surface area contributed by atoms with E-state index in [1.165, 1.54) is 41.3 Å². The first-order chi connectivity index (χ1) is 8.74. The van der Waals surface area contributed by atoms with Crippen molar-refractivity contribution in [3.8, 4) is 0 Å². The number of piperazine rings is 1. The zero-order chi connectivity index (χ0) is 12.5. The summed E-state index contributed by atoms with van der Waals surface area (Å²) in [6.07, 6.45) is 5.49. The molecular formula is C14H23N3S. The van der Waals surface area contributed by atoms with Crippen molar-refractivity contribution in [1.29, 1.82) is 0 Å². The van der Waals surface area contributed by atoms with Crippen LogP contribution in [0.2, 0.25) is 0 Å². The SMILES string of the molecule is Cc1nc(C2CCCC2)sc1C1CN(C)CCN1. The first-order valence-electron chi connectivity index (χ1n) is 7.13. The normalized spacial score (nSPS) is 26.9. The average molecular weight is 265 g/mol. The lowest BCUT2D eigenvalue weighted by Crippen LogP contribution is -2.43. The highest BCUT2D eigenvalue weighted by atomic mass is 32.1. The van der Waals surface area contributed by atoms with Crippen LogP contribution < -0.4 is 5.32 Å². The van der Waals surface area contributed by atoms with Crippen molar-refractivity contribution in [2.24, 2.45) is 0 Å². The molecule has 1 aromatic heterocycles. The fourth-order valence-electron chi connectivity index (χ4n) is 3.17. The molecule has 1 saturated carbocycles. The molecule has 0 spiro atoms. The zero-order valence-corrected chi connectivity index (χ0v) is 12.2. The number of nitrogens with zero attached hydrogens (tertiary/aromatic N) is 2. The molecule has 18 heavy (non-hydrogen) atoms. The monoisotopic (exact) mass is 265 g/mol. The van der Waals surface area contributed by atoms with E-state index in [-0.39, 0.29) is 0 Å². The van der Waals surface area contributed by atoms with Crippen LogP contribution in [-0.2, 0) is 0 Å². The molecule has 100 valence electrons. The van der Waals surface area contributed by atoms with Gasteiger partial charge in [-0.15, -0.1) is 11.3 Å². The van der Waals surface area contributed by atoms with Crippen molar-refractivity contribution in [2.45, 2.75) is 44.6 Å². The largest absolute Gasteiger partial charge is 0.307 e. The van der Waals surface area contributed by atoms with E-state index >= 15 is 0 Å². The summed E-state index contributed by atoms with van der Waals surface area (Å²) >= 11 is 1.97. The molecule has 3 nitrogen and oxygen atoms in total. The second-order valence-corrected chi connectivity index (χ2v) is 6.81. The van der Waals surface area contributed by atoms with Crippen molar-refractivity contribution >= 4 is 11.3 Å². The van der Waals surface area contributed by atoms with Crippen molar-refractivity contribution in [1.82, 2.24) is 15.2 Å². The molecule has 1 atom stereocenters. The minimum atomic E-state index is 0.497. The van der Waals surface area contributed by atoms with Gasteiger partial charge in [-0.1, -0.05) is 12.8 Å². The Labute approximate surface area is 114 Å². The van der Waals surface area contributed by atoms with Gasteiger partial charge in [-0.2, -0.15) is 0 Å². The van der Waals surface area contributed by atoms with Crippen molar-refractivity contribution in [3.05, 3.63) is 15.6 Å². The maximum Gasteiger partial charge on any atom is 0.0962 e. The van der Waals surface area contributed by atoms with E-state index in [9.17, 15) is 0 Å². The van der Waals surface area contributed by atoms with Crippen LogP contribution in [0.25, 0.3) is 0 Å². The summed E-state index contributed by atoms with van der Waals surface area (Å²) in [5.74, 6) is 0.753. The molecule has 0 amide bonds. The van der Waals surface area contributed by atoms with Gasteiger partial charge in [0.25, 0.3) is 0 Å². The topological polar surface area (TPSA) is 28.2 Å². The van der Waals surface area contributed by atoms with Crippen LogP contribution >= 0.6 is 11.3 Å². The van der Waals surface area contributed by atoms with Crippen LogP contribution in [0.5, 0.6) is 0 Å². The number of aromatic nitrogens is 1. The summed E-state index contributed by atoms with van der Waals surface area (Å²) in [6.45, 7) is 5.55.